The number of aromatic nitrogens is 3. The first-order valence-electron chi connectivity index (χ1n) is 3.89. The van der Waals surface area contributed by atoms with Crippen molar-refractivity contribution < 1.29 is 9.90 Å². The van der Waals surface area contributed by atoms with Gasteiger partial charge in [0.1, 0.15) is 11.3 Å². The minimum atomic E-state index is -1.30. The van der Waals surface area contributed by atoms with Gasteiger partial charge in [-0.25, -0.2) is 14.8 Å². The number of carboxylic acid groups (broad SMARTS) is 1. The predicted molar refractivity (Wildman–Crippen MR) is 52.9 cm³/mol. The third kappa shape index (κ3) is 1.77. The van der Waals surface area contributed by atoms with Crippen LogP contribution in [0.2, 0.25) is 0 Å². The molecule has 2 N–H and O–H groups in total. The molecule has 0 fully saturated rings. The van der Waals surface area contributed by atoms with Crippen LogP contribution in [0, 0.1) is 0 Å². The van der Waals surface area contributed by atoms with Crippen molar-refractivity contribution in [1.82, 2.24) is 15.0 Å². The molecule has 7 heteroatoms. The summed E-state index contributed by atoms with van der Waals surface area (Å²) < 4.78 is 0. The van der Waals surface area contributed by atoms with Crippen LogP contribution in [0.5, 0.6) is 0 Å². The summed E-state index contributed by atoms with van der Waals surface area (Å²) in [6.07, 6.45) is 1.02. The standard InChI is InChI=1S/C8H5N3O3S/c12-7-4(8(13)14)1-9-6(11-7)5-2-15-3-10-5/h1-3H,(H,13,14)(H,9,11,12). The van der Waals surface area contributed by atoms with Gasteiger partial charge in [0, 0.05) is 11.6 Å². The fourth-order valence-electron chi connectivity index (χ4n) is 1.01. The summed E-state index contributed by atoms with van der Waals surface area (Å²) in [7, 11) is 0. The number of nitrogens with one attached hydrogen (secondary N) is 1. The number of hydrogen-bond acceptors (Lipinski definition) is 5. The molecule has 0 unspecified atom stereocenters. The lowest BCUT2D eigenvalue weighted by Gasteiger charge is -1.96. The third-order valence-electron chi connectivity index (χ3n) is 1.70. The zero-order valence-corrected chi connectivity index (χ0v) is 8.11. The number of carbonyl (C=O) groups is 1. The molecule has 0 radical (unpaired) electrons. The van der Waals surface area contributed by atoms with Gasteiger partial charge in [-0.3, -0.25) is 4.79 Å². The van der Waals surface area contributed by atoms with Gasteiger partial charge in [0.2, 0.25) is 0 Å². The Morgan fingerprint density at radius 1 is 1.47 bits per heavy atom. The molecule has 0 aliphatic carbocycles. The van der Waals surface area contributed by atoms with E-state index in [1.54, 1.807) is 10.9 Å². The first kappa shape index (κ1) is 9.53. The molecule has 2 aromatic rings. The smallest absolute Gasteiger partial charge is 0.342 e. The van der Waals surface area contributed by atoms with Crippen LogP contribution in [0.1, 0.15) is 10.4 Å². The van der Waals surface area contributed by atoms with Gasteiger partial charge in [-0.1, -0.05) is 0 Å². The second-order valence-electron chi connectivity index (χ2n) is 2.65. The molecule has 76 valence electrons. The molecule has 2 aromatic heterocycles. The lowest BCUT2D eigenvalue weighted by Crippen LogP contribution is -2.18. The molecular weight excluding hydrogens is 218 g/mol. The van der Waals surface area contributed by atoms with E-state index in [4.69, 9.17) is 5.11 Å². The molecule has 0 aliphatic heterocycles. The van der Waals surface area contributed by atoms with Crippen LogP contribution in [-0.4, -0.2) is 26.0 Å². The molecule has 2 rings (SSSR count). The van der Waals surface area contributed by atoms with Crippen molar-refractivity contribution in [2.24, 2.45) is 0 Å². The second kappa shape index (κ2) is 3.62. The topological polar surface area (TPSA) is 95.9 Å². The quantitative estimate of drug-likeness (QED) is 0.776. The van der Waals surface area contributed by atoms with Crippen LogP contribution in [0.3, 0.4) is 0 Å². The van der Waals surface area contributed by atoms with E-state index in [0.29, 0.717) is 5.69 Å². The highest BCUT2D eigenvalue weighted by Gasteiger charge is 2.11. The predicted octanol–water partition coefficient (Wildman–Crippen LogP) is 0.592. The molecular formula is C8H5N3O3S. The van der Waals surface area contributed by atoms with Crippen LogP contribution in [0.25, 0.3) is 11.5 Å². The summed E-state index contributed by atoms with van der Waals surface area (Å²) in [5.74, 6) is -1.03. The van der Waals surface area contributed by atoms with Gasteiger partial charge < -0.3 is 10.1 Å². The number of carboxylic acids is 1. The Bertz CT molecular complexity index is 547. The average molecular weight is 223 g/mol. The van der Waals surface area contributed by atoms with Gasteiger partial charge in [0.05, 0.1) is 5.51 Å². The van der Waals surface area contributed by atoms with E-state index < -0.39 is 11.5 Å². The molecule has 15 heavy (non-hydrogen) atoms. The van der Waals surface area contributed by atoms with Crippen LogP contribution in [-0.2, 0) is 0 Å². The lowest BCUT2D eigenvalue weighted by molar-refractivity contribution is 0.0694. The van der Waals surface area contributed by atoms with Crippen LogP contribution < -0.4 is 5.56 Å². The normalized spacial score (nSPS) is 10.1. The fourth-order valence-corrected chi connectivity index (χ4v) is 1.54. The summed E-state index contributed by atoms with van der Waals surface area (Å²) in [4.78, 5) is 31.9. The van der Waals surface area contributed by atoms with Crippen LogP contribution in [0.15, 0.2) is 21.9 Å². The number of aromatic carboxylic acids is 1. The van der Waals surface area contributed by atoms with Gasteiger partial charge in [0.25, 0.3) is 5.56 Å². The molecule has 0 aromatic carbocycles. The molecule has 0 saturated carbocycles. The number of H-pyrrole nitrogens is 1. The first-order valence-corrected chi connectivity index (χ1v) is 4.84. The minimum Gasteiger partial charge on any atom is -0.477 e. The lowest BCUT2D eigenvalue weighted by atomic mass is 10.3. The number of rotatable bonds is 2. The second-order valence-corrected chi connectivity index (χ2v) is 3.37. The SMILES string of the molecule is O=C(O)c1cnc(-c2cscn2)[nH]c1=O. The van der Waals surface area contributed by atoms with Gasteiger partial charge in [-0.15, -0.1) is 11.3 Å². The van der Waals surface area contributed by atoms with Crippen molar-refractivity contribution in [2.75, 3.05) is 0 Å². The number of aromatic amines is 1. The number of nitrogens with zero attached hydrogens (tertiary/aromatic N) is 2. The number of hydrogen-bond donors (Lipinski definition) is 2. The molecule has 0 saturated heterocycles. The average Bonchev–Trinajstić information content (AvgIpc) is 2.69. The minimum absolute atomic E-state index is 0.270. The summed E-state index contributed by atoms with van der Waals surface area (Å²) in [5.41, 5.74) is 1.06. The maximum absolute atomic E-state index is 11.3. The van der Waals surface area contributed by atoms with Crippen molar-refractivity contribution >= 4 is 17.3 Å². The van der Waals surface area contributed by atoms with Gasteiger partial charge >= 0.3 is 5.97 Å². The molecule has 6 nitrogen and oxygen atoms in total. The zero-order chi connectivity index (χ0) is 10.8. The summed E-state index contributed by atoms with van der Waals surface area (Å²) in [6, 6.07) is 0. The van der Waals surface area contributed by atoms with E-state index in [1.807, 2.05) is 0 Å². The van der Waals surface area contributed by atoms with E-state index in [9.17, 15) is 9.59 Å². The first-order chi connectivity index (χ1) is 7.18. The largest absolute Gasteiger partial charge is 0.477 e. The highest BCUT2D eigenvalue weighted by Crippen LogP contribution is 2.12. The maximum Gasteiger partial charge on any atom is 0.342 e. The van der Waals surface area contributed by atoms with E-state index in [1.165, 1.54) is 11.3 Å². The molecule has 0 aliphatic rings. The molecule has 0 atom stereocenters. The Morgan fingerprint density at radius 2 is 2.27 bits per heavy atom. The molecule has 0 spiro atoms. The van der Waals surface area contributed by atoms with Gasteiger partial charge in [0.15, 0.2) is 5.82 Å². The van der Waals surface area contributed by atoms with Crippen LogP contribution in [0.4, 0.5) is 0 Å². The van der Waals surface area contributed by atoms with E-state index in [0.717, 1.165) is 6.20 Å². The Labute approximate surface area is 87.3 Å². The monoisotopic (exact) mass is 223 g/mol. The van der Waals surface area contributed by atoms with E-state index >= 15 is 0 Å². The Kier molecular flexibility index (Phi) is 2.30. The Morgan fingerprint density at radius 3 is 2.80 bits per heavy atom. The highest BCUT2D eigenvalue weighted by atomic mass is 32.1. The molecule has 0 amide bonds. The van der Waals surface area contributed by atoms with Crippen molar-refractivity contribution in [3.05, 3.63) is 33.0 Å². The van der Waals surface area contributed by atoms with Crippen molar-refractivity contribution in [1.29, 1.82) is 0 Å². The third-order valence-corrected chi connectivity index (χ3v) is 2.29. The highest BCUT2D eigenvalue weighted by molar-refractivity contribution is 7.07. The van der Waals surface area contributed by atoms with Gasteiger partial charge in [-0.05, 0) is 0 Å². The van der Waals surface area contributed by atoms with E-state index in [2.05, 4.69) is 15.0 Å². The summed E-state index contributed by atoms with van der Waals surface area (Å²) >= 11 is 1.36. The van der Waals surface area contributed by atoms with Gasteiger partial charge in [-0.2, -0.15) is 0 Å². The Hall–Kier alpha value is -2.02. The van der Waals surface area contributed by atoms with Crippen molar-refractivity contribution in [3.8, 4) is 11.5 Å². The Balaban J connectivity index is 2.52. The molecule has 0 bridgehead atoms. The summed E-state index contributed by atoms with van der Waals surface area (Å²) in [5, 5.41) is 10.3. The summed E-state index contributed by atoms with van der Waals surface area (Å²) in [6.45, 7) is 0. The van der Waals surface area contributed by atoms with Crippen LogP contribution >= 0.6 is 11.3 Å². The molecule has 2 heterocycles. The van der Waals surface area contributed by atoms with Crippen molar-refractivity contribution in [3.63, 3.8) is 0 Å². The van der Waals surface area contributed by atoms with E-state index in [-0.39, 0.29) is 11.4 Å². The fraction of sp³-hybridized carbons (Fsp3) is 0. The maximum atomic E-state index is 11.3. The zero-order valence-electron chi connectivity index (χ0n) is 7.30. The number of thiazole rings is 1. The van der Waals surface area contributed by atoms with Crippen molar-refractivity contribution in [2.45, 2.75) is 0 Å².